The lowest BCUT2D eigenvalue weighted by molar-refractivity contribution is 0.275. The maximum absolute atomic E-state index is 8.98. The third kappa shape index (κ3) is 11.7. The second-order valence-electron chi connectivity index (χ2n) is 1.99. The van der Waals surface area contributed by atoms with E-state index in [0.29, 0.717) is 0 Å². The molecule has 0 aromatic carbocycles. The van der Waals surface area contributed by atoms with Crippen molar-refractivity contribution in [2.45, 2.75) is 32.1 Å². The van der Waals surface area contributed by atoms with E-state index in [1.807, 2.05) is 0 Å². The van der Waals surface area contributed by atoms with Gasteiger partial charge in [0, 0.05) is 0 Å². The second kappa shape index (κ2) is 6.37. The highest BCUT2D eigenvalue weighted by Crippen LogP contribution is 2.15. The van der Waals surface area contributed by atoms with Crippen molar-refractivity contribution in [1.29, 1.82) is 0 Å². The molecule has 0 atom stereocenters. The molecule has 0 spiro atoms. The molecule has 0 saturated heterocycles. The summed E-state index contributed by atoms with van der Waals surface area (Å²) in [5.41, 5.74) is 0. The molecule has 0 aliphatic heterocycles. The van der Waals surface area contributed by atoms with E-state index in [4.69, 9.17) is 4.79 Å². The largest absolute Gasteiger partial charge is 0.313 e. The van der Waals surface area contributed by atoms with E-state index in [2.05, 4.69) is 23.2 Å². The van der Waals surface area contributed by atoms with Gasteiger partial charge in [0.05, 0.1) is 0 Å². The monoisotopic (exact) mass is 168 g/mol. The molecule has 1 nitrogen and oxygen atoms in total. The first-order chi connectivity index (χ1) is 4.23. The van der Waals surface area contributed by atoms with E-state index in [9.17, 15) is 0 Å². The van der Waals surface area contributed by atoms with Gasteiger partial charge < -0.3 is 0 Å². The molecule has 0 aromatic heterocycles. The summed E-state index contributed by atoms with van der Waals surface area (Å²) >= 11 is 8.80. The highest BCUT2D eigenvalue weighted by atomic mass is 35.5. The van der Waals surface area contributed by atoms with Crippen LogP contribution in [0.15, 0.2) is 0 Å². The third-order valence-electron chi connectivity index (χ3n) is 1.25. The molecule has 0 aromatic rings. The molecule has 0 radical (unpaired) electrons. The van der Waals surface area contributed by atoms with Crippen molar-refractivity contribution >= 4 is 27.9 Å². The lowest BCUT2D eigenvalue weighted by atomic mass is 10.4. The fourth-order valence-electron chi connectivity index (χ4n) is 0.884. The Morgan fingerprint density at radius 1 is 0.889 bits per heavy atom. The molecular weight excluding hydrogens is 159 g/mol. The van der Waals surface area contributed by atoms with E-state index in [0.717, 1.165) is 0 Å². The molecule has 0 N–H and O–H groups in total. The molecule has 3 heteroatoms. The molecule has 0 bridgehead atoms. The first kappa shape index (κ1) is 9.25. The minimum absolute atomic E-state index is 0.889. The molecule has 1 aliphatic rings. The number of carbonyl (C=O) groups is 1. The minimum Gasteiger partial charge on any atom is -0.262 e. The Balaban J connectivity index is 0.000000148. The van der Waals surface area contributed by atoms with Gasteiger partial charge in [0.25, 0.3) is 0 Å². The van der Waals surface area contributed by atoms with Gasteiger partial charge in [-0.3, -0.25) is 4.79 Å². The molecule has 1 saturated carbocycles. The summed E-state index contributed by atoms with van der Waals surface area (Å²) < 4.78 is -0.889. The number of hydrogen-bond acceptors (Lipinski definition) is 1. The van der Waals surface area contributed by atoms with Gasteiger partial charge in [-0.25, -0.2) is 0 Å². The zero-order chi connectivity index (χ0) is 7.11. The molecule has 1 rings (SSSR count). The standard InChI is InChI=1S/C5H10.CCl2O/c1-2-4-5-3-1;2-1(3)4/h1-5H2;. The van der Waals surface area contributed by atoms with Crippen LogP contribution >= 0.6 is 23.2 Å². The van der Waals surface area contributed by atoms with Crippen molar-refractivity contribution < 1.29 is 4.79 Å². The van der Waals surface area contributed by atoms with E-state index in [1.54, 1.807) is 0 Å². The fourth-order valence-corrected chi connectivity index (χ4v) is 0.884. The van der Waals surface area contributed by atoms with Crippen molar-refractivity contribution in [2.75, 3.05) is 0 Å². The predicted octanol–water partition coefficient (Wildman–Crippen LogP) is 3.53. The zero-order valence-corrected chi connectivity index (χ0v) is 6.71. The van der Waals surface area contributed by atoms with Gasteiger partial charge in [-0.15, -0.1) is 0 Å². The van der Waals surface area contributed by atoms with Crippen LogP contribution < -0.4 is 0 Å². The van der Waals surface area contributed by atoms with Crippen molar-refractivity contribution in [2.24, 2.45) is 0 Å². The smallest absolute Gasteiger partial charge is 0.262 e. The Labute approximate surface area is 65.3 Å². The van der Waals surface area contributed by atoms with Crippen LogP contribution in [0.25, 0.3) is 0 Å². The quantitative estimate of drug-likeness (QED) is 0.507. The Hall–Kier alpha value is 0.250. The summed E-state index contributed by atoms with van der Waals surface area (Å²) in [6.45, 7) is 0. The van der Waals surface area contributed by atoms with Crippen molar-refractivity contribution in [3.05, 3.63) is 0 Å². The summed E-state index contributed by atoms with van der Waals surface area (Å²) in [5.74, 6) is 0. The highest BCUT2D eigenvalue weighted by molar-refractivity contribution is 6.93. The van der Waals surface area contributed by atoms with E-state index >= 15 is 0 Å². The van der Waals surface area contributed by atoms with Crippen LogP contribution in [-0.2, 0) is 0 Å². The Morgan fingerprint density at radius 3 is 1.11 bits per heavy atom. The van der Waals surface area contributed by atoms with Gasteiger partial charge in [0.1, 0.15) is 0 Å². The lowest BCUT2D eigenvalue weighted by Crippen LogP contribution is -1.47. The summed E-state index contributed by atoms with van der Waals surface area (Å²) in [7, 11) is 0. The predicted molar refractivity (Wildman–Crippen MR) is 40.2 cm³/mol. The van der Waals surface area contributed by atoms with Crippen LogP contribution in [0.4, 0.5) is 4.79 Å². The van der Waals surface area contributed by atoms with Gasteiger partial charge >= 0.3 is 4.70 Å². The summed E-state index contributed by atoms with van der Waals surface area (Å²) in [5, 5.41) is 0. The van der Waals surface area contributed by atoms with E-state index in [1.165, 1.54) is 32.1 Å². The Kier molecular flexibility index (Phi) is 6.55. The normalized spacial score (nSPS) is 16.2. The topological polar surface area (TPSA) is 17.1 Å². The minimum atomic E-state index is -0.889. The first-order valence-corrected chi connectivity index (χ1v) is 3.84. The average Bonchev–Trinajstić information content (AvgIpc) is 2.11. The van der Waals surface area contributed by atoms with Crippen LogP contribution in [0.5, 0.6) is 0 Å². The van der Waals surface area contributed by atoms with Crippen LogP contribution in [-0.4, -0.2) is 4.70 Å². The number of halogens is 2. The van der Waals surface area contributed by atoms with Crippen molar-refractivity contribution in [1.82, 2.24) is 0 Å². The lowest BCUT2D eigenvalue weighted by Gasteiger charge is -1.67. The highest BCUT2D eigenvalue weighted by Gasteiger charge is 1.95. The third-order valence-corrected chi connectivity index (χ3v) is 1.25. The Morgan fingerprint density at radius 2 is 1.00 bits per heavy atom. The second-order valence-corrected chi connectivity index (χ2v) is 2.87. The molecule has 9 heavy (non-hydrogen) atoms. The van der Waals surface area contributed by atoms with Crippen LogP contribution in [0.3, 0.4) is 0 Å². The molecule has 1 aliphatic carbocycles. The molecule has 0 unspecified atom stereocenters. The Bertz CT molecular complexity index is 67.5. The molecule has 1 fully saturated rings. The van der Waals surface area contributed by atoms with Crippen LogP contribution in [0, 0.1) is 0 Å². The number of hydrogen-bond donors (Lipinski definition) is 0. The van der Waals surface area contributed by atoms with Gasteiger partial charge in [-0.1, -0.05) is 32.1 Å². The number of carbonyl (C=O) groups excluding carboxylic acids is 1. The molecular formula is C6H10Cl2O. The van der Waals surface area contributed by atoms with Gasteiger partial charge in [0.2, 0.25) is 0 Å². The van der Waals surface area contributed by atoms with Gasteiger partial charge in [0.15, 0.2) is 0 Å². The maximum Gasteiger partial charge on any atom is 0.313 e. The first-order valence-electron chi connectivity index (χ1n) is 3.08. The molecule has 0 amide bonds. The van der Waals surface area contributed by atoms with E-state index in [-0.39, 0.29) is 0 Å². The van der Waals surface area contributed by atoms with Gasteiger partial charge in [-0.2, -0.15) is 0 Å². The zero-order valence-electron chi connectivity index (χ0n) is 5.20. The summed E-state index contributed by atoms with van der Waals surface area (Å²) in [6.07, 6.45) is 7.50. The van der Waals surface area contributed by atoms with Crippen LogP contribution in [0.1, 0.15) is 32.1 Å². The molecule has 0 heterocycles. The SMILES string of the molecule is C1CCCC1.O=C(Cl)Cl. The summed E-state index contributed by atoms with van der Waals surface area (Å²) in [6, 6.07) is 0. The van der Waals surface area contributed by atoms with Gasteiger partial charge in [-0.05, 0) is 23.2 Å². The summed E-state index contributed by atoms with van der Waals surface area (Å²) in [4.78, 5) is 8.98. The fraction of sp³-hybridized carbons (Fsp3) is 0.833. The average molecular weight is 169 g/mol. The van der Waals surface area contributed by atoms with Crippen molar-refractivity contribution in [3.8, 4) is 0 Å². The maximum atomic E-state index is 8.98. The molecule has 54 valence electrons. The van der Waals surface area contributed by atoms with E-state index < -0.39 is 4.70 Å². The number of rotatable bonds is 0. The van der Waals surface area contributed by atoms with Crippen LogP contribution in [0.2, 0.25) is 0 Å². The van der Waals surface area contributed by atoms with Crippen molar-refractivity contribution in [3.63, 3.8) is 0 Å².